The van der Waals surface area contributed by atoms with E-state index in [1.807, 2.05) is 0 Å². The Balaban J connectivity index is 1.11. The molecule has 0 atom stereocenters. The summed E-state index contributed by atoms with van der Waals surface area (Å²) < 4.78 is 0. The highest BCUT2D eigenvalue weighted by Gasteiger charge is 2.61. The molecule has 1 nitrogen and oxygen atoms in total. The van der Waals surface area contributed by atoms with Crippen molar-refractivity contribution in [1.82, 2.24) is 0 Å². The molecule has 46 heavy (non-hydrogen) atoms. The zero-order valence-corrected chi connectivity index (χ0v) is 26.6. The Hall–Kier alpha value is -4.10. The summed E-state index contributed by atoms with van der Waals surface area (Å²) in [4.78, 5) is 2.57. The summed E-state index contributed by atoms with van der Waals surface area (Å²) in [6.45, 7) is 0. The Morgan fingerprint density at radius 3 is 1.63 bits per heavy atom. The molecule has 0 radical (unpaired) electrons. The predicted molar refractivity (Wildman–Crippen MR) is 189 cm³/mol. The van der Waals surface area contributed by atoms with E-state index in [-0.39, 0.29) is 10.8 Å². The summed E-state index contributed by atoms with van der Waals surface area (Å²) in [7, 11) is 0. The van der Waals surface area contributed by atoms with Crippen molar-refractivity contribution in [3.63, 3.8) is 0 Å². The van der Waals surface area contributed by atoms with Crippen LogP contribution in [-0.2, 0) is 10.8 Å². The fourth-order valence-corrected chi connectivity index (χ4v) is 12.4. The molecule has 5 saturated carbocycles. The molecule has 0 saturated heterocycles. The van der Waals surface area contributed by atoms with Crippen LogP contribution in [0.1, 0.15) is 80.0 Å². The van der Waals surface area contributed by atoms with Gasteiger partial charge in [-0.2, -0.15) is 0 Å². The Kier molecular flexibility index (Phi) is 5.23. The van der Waals surface area contributed by atoms with Crippen LogP contribution in [0.4, 0.5) is 17.1 Å². The standard InChI is InChI=1S/C45H41N/c1-2-10-33(11-3-1)46(34-16-18-38-36-12-4-6-14-40(36)44(42(38)27-34)20-8-9-21-44)35-17-19-39-37-13-5-7-15-41(37)45(43(39)28-35)31-23-29-22-30(25-31)26-32(45)24-29/h1-7,10-19,27-32H,8-9,20-26H2. The molecule has 0 unspecified atom stereocenters. The predicted octanol–water partition coefficient (Wildman–Crippen LogP) is 11.7. The molecule has 12 rings (SSSR count). The largest absolute Gasteiger partial charge is 0.310 e. The molecule has 5 aromatic rings. The SMILES string of the molecule is c1ccc(N(c2ccc3c(c2)C2(CCCC2)c2ccccc2-3)c2ccc3c(c2)C2(c4ccccc4-3)C3CC4CC(C3)CC2C4)cc1. The van der Waals surface area contributed by atoms with Crippen LogP contribution in [0.5, 0.6) is 0 Å². The van der Waals surface area contributed by atoms with Crippen molar-refractivity contribution < 1.29 is 0 Å². The molecule has 0 heterocycles. The fraction of sp³-hybridized carbons (Fsp3) is 0.333. The number of anilines is 3. The molecule has 2 spiro atoms. The molecule has 226 valence electrons. The Bertz CT molecular complexity index is 2000. The highest BCUT2D eigenvalue weighted by Crippen LogP contribution is 2.69. The van der Waals surface area contributed by atoms with Crippen molar-refractivity contribution in [2.45, 2.75) is 68.6 Å². The van der Waals surface area contributed by atoms with E-state index in [0.717, 1.165) is 23.7 Å². The zero-order chi connectivity index (χ0) is 30.0. The average molecular weight is 596 g/mol. The van der Waals surface area contributed by atoms with Gasteiger partial charge >= 0.3 is 0 Å². The molecule has 5 aromatic carbocycles. The van der Waals surface area contributed by atoms with E-state index >= 15 is 0 Å². The first-order valence-corrected chi connectivity index (χ1v) is 18.1. The minimum absolute atomic E-state index is 0.161. The highest BCUT2D eigenvalue weighted by molar-refractivity contribution is 5.89. The summed E-state index contributed by atoms with van der Waals surface area (Å²) in [6.07, 6.45) is 12.3. The third-order valence-corrected chi connectivity index (χ3v) is 13.8. The van der Waals surface area contributed by atoms with Crippen LogP contribution in [0.2, 0.25) is 0 Å². The zero-order valence-electron chi connectivity index (χ0n) is 26.6. The molecular formula is C45H41N. The van der Waals surface area contributed by atoms with Gasteiger partial charge < -0.3 is 4.90 Å². The van der Waals surface area contributed by atoms with Gasteiger partial charge in [-0.05, 0) is 150 Å². The second-order valence-corrected chi connectivity index (χ2v) is 15.7. The van der Waals surface area contributed by atoms with Crippen LogP contribution in [0.15, 0.2) is 115 Å². The van der Waals surface area contributed by atoms with Crippen LogP contribution < -0.4 is 4.90 Å². The number of hydrogen-bond donors (Lipinski definition) is 0. The van der Waals surface area contributed by atoms with Gasteiger partial charge in [0.15, 0.2) is 0 Å². The first kappa shape index (κ1) is 26.0. The lowest BCUT2D eigenvalue weighted by atomic mass is 9.43. The van der Waals surface area contributed by atoms with Crippen LogP contribution in [0, 0.1) is 23.7 Å². The minimum atomic E-state index is 0.161. The maximum absolute atomic E-state index is 2.65. The normalized spacial score (nSPS) is 28.3. The van der Waals surface area contributed by atoms with Crippen molar-refractivity contribution in [3.05, 3.63) is 138 Å². The third kappa shape index (κ3) is 3.22. The maximum atomic E-state index is 2.65. The molecule has 4 bridgehead atoms. The average Bonchev–Trinajstić information content (AvgIpc) is 3.78. The Labute approximate surface area is 273 Å². The molecule has 1 heteroatoms. The molecule has 0 aliphatic heterocycles. The van der Waals surface area contributed by atoms with Gasteiger partial charge in [0.25, 0.3) is 0 Å². The summed E-state index contributed by atoms with van der Waals surface area (Å²) in [5.74, 6) is 3.44. The van der Waals surface area contributed by atoms with Gasteiger partial charge in [-0.1, -0.05) is 91.7 Å². The monoisotopic (exact) mass is 595 g/mol. The highest BCUT2D eigenvalue weighted by atomic mass is 15.1. The van der Waals surface area contributed by atoms with Gasteiger partial charge in [-0.15, -0.1) is 0 Å². The van der Waals surface area contributed by atoms with E-state index in [2.05, 4.69) is 120 Å². The van der Waals surface area contributed by atoms with Crippen molar-refractivity contribution in [2.75, 3.05) is 4.90 Å². The van der Waals surface area contributed by atoms with Gasteiger partial charge in [0.1, 0.15) is 0 Å². The lowest BCUT2D eigenvalue weighted by molar-refractivity contribution is -0.0399. The minimum Gasteiger partial charge on any atom is -0.310 e. The molecule has 0 aromatic heterocycles. The maximum Gasteiger partial charge on any atom is 0.0465 e. The summed E-state index contributed by atoms with van der Waals surface area (Å²) in [6, 6.07) is 44.9. The number of rotatable bonds is 3. The van der Waals surface area contributed by atoms with Crippen molar-refractivity contribution >= 4 is 17.1 Å². The van der Waals surface area contributed by atoms with E-state index in [1.54, 1.807) is 22.3 Å². The summed E-state index contributed by atoms with van der Waals surface area (Å²) in [5, 5.41) is 0. The molecule has 0 amide bonds. The van der Waals surface area contributed by atoms with E-state index in [0.29, 0.717) is 0 Å². The number of para-hydroxylation sites is 1. The van der Waals surface area contributed by atoms with Crippen molar-refractivity contribution in [2.24, 2.45) is 23.7 Å². The summed E-state index contributed by atoms with van der Waals surface area (Å²) in [5.41, 5.74) is 16.5. The first-order valence-electron chi connectivity index (χ1n) is 18.1. The van der Waals surface area contributed by atoms with E-state index in [1.165, 1.54) is 97.1 Å². The lowest BCUT2D eigenvalue weighted by Crippen LogP contribution is -2.55. The van der Waals surface area contributed by atoms with Gasteiger partial charge in [0.05, 0.1) is 0 Å². The van der Waals surface area contributed by atoms with Crippen molar-refractivity contribution in [3.8, 4) is 22.3 Å². The van der Waals surface area contributed by atoms with E-state index < -0.39 is 0 Å². The third-order valence-electron chi connectivity index (χ3n) is 13.8. The van der Waals surface area contributed by atoms with Crippen LogP contribution >= 0.6 is 0 Å². The van der Waals surface area contributed by atoms with Crippen LogP contribution in [0.25, 0.3) is 22.3 Å². The van der Waals surface area contributed by atoms with Gasteiger partial charge in [0.2, 0.25) is 0 Å². The van der Waals surface area contributed by atoms with Crippen LogP contribution in [0.3, 0.4) is 0 Å². The fourth-order valence-electron chi connectivity index (χ4n) is 12.4. The van der Waals surface area contributed by atoms with Gasteiger partial charge in [-0.25, -0.2) is 0 Å². The van der Waals surface area contributed by atoms with E-state index in [4.69, 9.17) is 0 Å². The molecule has 5 fully saturated rings. The quantitative estimate of drug-likeness (QED) is 0.201. The number of nitrogens with zero attached hydrogens (tertiary/aromatic N) is 1. The molecular weight excluding hydrogens is 555 g/mol. The second kappa shape index (κ2) is 9.25. The topological polar surface area (TPSA) is 3.24 Å². The summed E-state index contributed by atoms with van der Waals surface area (Å²) >= 11 is 0. The Morgan fingerprint density at radius 1 is 0.435 bits per heavy atom. The first-order chi connectivity index (χ1) is 22.7. The number of hydrogen-bond acceptors (Lipinski definition) is 1. The molecule has 0 N–H and O–H groups in total. The number of benzene rings is 5. The molecule has 7 aliphatic carbocycles. The molecule has 7 aliphatic rings. The van der Waals surface area contributed by atoms with Crippen molar-refractivity contribution in [1.29, 1.82) is 0 Å². The number of fused-ring (bicyclic) bond motifs is 8. The smallest absolute Gasteiger partial charge is 0.0465 e. The van der Waals surface area contributed by atoms with Gasteiger partial charge in [0, 0.05) is 27.9 Å². The second-order valence-electron chi connectivity index (χ2n) is 15.7. The Morgan fingerprint density at radius 2 is 0.957 bits per heavy atom. The van der Waals surface area contributed by atoms with E-state index in [9.17, 15) is 0 Å². The van der Waals surface area contributed by atoms with Gasteiger partial charge in [-0.3, -0.25) is 0 Å². The lowest BCUT2D eigenvalue weighted by Gasteiger charge is -2.61. The van der Waals surface area contributed by atoms with Crippen LogP contribution in [-0.4, -0.2) is 0 Å².